The highest BCUT2D eigenvalue weighted by molar-refractivity contribution is 9.10. The Bertz CT molecular complexity index is 486. The maximum absolute atomic E-state index is 12.5. The molecular formula is C10H15BrN2O2S2. The Balaban J connectivity index is 2.30. The van der Waals surface area contributed by atoms with Crippen LogP contribution in [0.4, 0.5) is 0 Å². The second-order valence-electron chi connectivity index (χ2n) is 4.03. The first-order chi connectivity index (χ1) is 8.07. The Morgan fingerprint density at radius 2 is 2.41 bits per heavy atom. The van der Waals surface area contributed by atoms with E-state index in [9.17, 15) is 8.42 Å². The molecule has 0 saturated carbocycles. The summed E-state index contributed by atoms with van der Waals surface area (Å²) in [6.07, 6.45) is 1.87. The van der Waals surface area contributed by atoms with Gasteiger partial charge in [0.05, 0.1) is 0 Å². The Morgan fingerprint density at radius 1 is 1.65 bits per heavy atom. The van der Waals surface area contributed by atoms with Gasteiger partial charge in [-0.1, -0.05) is 0 Å². The summed E-state index contributed by atoms with van der Waals surface area (Å²) in [5.74, 6) is 0. The van der Waals surface area contributed by atoms with Crippen LogP contribution in [0.3, 0.4) is 0 Å². The van der Waals surface area contributed by atoms with Crippen molar-refractivity contribution in [3.8, 4) is 0 Å². The van der Waals surface area contributed by atoms with Gasteiger partial charge in [-0.05, 0) is 47.3 Å². The fourth-order valence-corrected chi connectivity index (χ4v) is 6.25. The fourth-order valence-electron chi connectivity index (χ4n) is 2.14. The standard InChI is InChI=1S/C10H15BrN2O2S2/c1-12-7-8-3-2-5-13(8)17(14,15)10-9(11)4-6-16-10/h4,6,8,12H,2-3,5,7H2,1H3. The molecule has 1 saturated heterocycles. The molecule has 17 heavy (non-hydrogen) atoms. The highest BCUT2D eigenvalue weighted by atomic mass is 79.9. The lowest BCUT2D eigenvalue weighted by atomic mass is 10.2. The van der Waals surface area contributed by atoms with Crippen LogP contribution in [-0.4, -0.2) is 38.9 Å². The van der Waals surface area contributed by atoms with Crippen LogP contribution in [0.1, 0.15) is 12.8 Å². The number of nitrogens with one attached hydrogen (secondary N) is 1. The molecule has 1 fully saturated rings. The smallest absolute Gasteiger partial charge is 0.253 e. The molecule has 1 unspecified atom stereocenters. The Hall–Kier alpha value is 0.0500. The number of halogens is 1. The van der Waals surface area contributed by atoms with Crippen LogP contribution in [0.2, 0.25) is 0 Å². The zero-order valence-corrected chi connectivity index (χ0v) is 12.7. The fraction of sp³-hybridized carbons (Fsp3) is 0.600. The van der Waals surface area contributed by atoms with E-state index in [2.05, 4.69) is 21.2 Å². The van der Waals surface area contributed by atoms with Crippen LogP contribution < -0.4 is 5.32 Å². The predicted molar refractivity (Wildman–Crippen MR) is 72.9 cm³/mol. The zero-order valence-electron chi connectivity index (χ0n) is 9.52. The maximum Gasteiger partial charge on any atom is 0.253 e. The summed E-state index contributed by atoms with van der Waals surface area (Å²) in [7, 11) is -1.48. The highest BCUT2D eigenvalue weighted by Gasteiger charge is 2.36. The van der Waals surface area contributed by atoms with E-state index < -0.39 is 10.0 Å². The molecule has 7 heteroatoms. The molecule has 0 amide bonds. The van der Waals surface area contributed by atoms with Gasteiger partial charge in [-0.2, -0.15) is 4.31 Å². The van der Waals surface area contributed by atoms with E-state index in [1.165, 1.54) is 11.3 Å². The van der Waals surface area contributed by atoms with Crippen molar-refractivity contribution in [1.82, 2.24) is 9.62 Å². The minimum atomic E-state index is -3.33. The largest absolute Gasteiger partial charge is 0.318 e. The number of nitrogens with zero attached hydrogens (tertiary/aromatic N) is 1. The van der Waals surface area contributed by atoms with Gasteiger partial charge < -0.3 is 5.32 Å². The van der Waals surface area contributed by atoms with Crippen molar-refractivity contribution in [2.75, 3.05) is 20.1 Å². The van der Waals surface area contributed by atoms with Crippen molar-refractivity contribution in [1.29, 1.82) is 0 Å². The molecular weight excluding hydrogens is 324 g/mol. The summed E-state index contributed by atoms with van der Waals surface area (Å²) in [5.41, 5.74) is 0. The van der Waals surface area contributed by atoms with Gasteiger partial charge in [-0.25, -0.2) is 8.42 Å². The van der Waals surface area contributed by atoms with E-state index in [0.29, 0.717) is 21.8 Å². The summed E-state index contributed by atoms with van der Waals surface area (Å²) in [5, 5.41) is 4.85. The van der Waals surface area contributed by atoms with Crippen molar-refractivity contribution in [2.24, 2.45) is 0 Å². The van der Waals surface area contributed by atoms with Gasteiger partial charge in [-0.15, -0.1) is 11.3 Å². The van der Waals surface area contributed by atoms with Crippen molar-refractivity contribution in [3.05, 3.63) is 15.9 Å². The average Bonchev–Trinajstić information content (AvgIpc) is 2.87. The number of sulfonamides is 1. The lowest BCUT2D eigenvalue weighted by Crippen LogP contribution is -2.40. The van der Waals surface area contributed by atoms with Crippen molar-refractivity contribution in [3.63, 3.8) is 0 Å². The lowest BCUT2D eigenvalue weighted by molar-refractivity contribution is 0.380. The summed E-state index contributed by atoms with van der Waals surface area (Å²) < 4.78 is 27.7. The molecule has 2 heterocycles. The van der Waals surface area contributed by atoms with Gasteiger partial charge in [0.2, 0.25) is 0 Å². The molecule has 1 aliphatic rings. The topological polar surface area (TPSA) is 49.4 Å². The van der Waals surface area contributed by atoms with Crippen LogP contribution >= 0.6 is 27.3 Å². The minimum Gasteiger partial charge on any atom is -0.318 e. The first-order valence-corrected chi connectivity index (χ1v) is 8.58. The molecule has 4 nitrogen and oxygen atoms in total. The number of hydrogen-bond donors (Lipinski definition) is 1. The van der Waals surface area contributed by atoms with Crippen LogP contribution in [0.5, 0.6) is 0 Å². The van der Waals surface area contributed by atoms with Gasteiger partial charge in [0.25, 0.3) is 10.0 Å². The first kappa shape index (κ1) is 13.5. The third-order valence-corrected chi connectivity index (χ3v) is 7.49. The molecule has 0 aliphatic carbocycles. The number of likely N-dealkylation sites (N-methyl/N-ethyl adjacent to an activating group) is 1. The van der Waals surface area contributed by atoms with Crippen molar-refractivity contribution in [2.45, 2.75) is 23.1 Å². The first-order valence-electron chi connectivity index (χ1n) is 5.47. The molecule has 2 rings (SSSR count). The highest BCUT2D eigenvalue weighted by Crippen LogP contribution is 2.33. The number of thiophene rings is 1. The zero-order chi connectivity index (χ0) is 12.5. The molecule has 1 atom stereocenters. The van der Waals surface area contributed by atoms with E-state index in [0.717, 1.165) is 12.8 Å². The van der Waals surface area contributed by atoms with E-state index in [1.54, 1.807) is 15.8 Å². The number of rotatable bonds is 4. The predicted octanol–water partition coefficient (Wildman–Crippen LogP) is 1.88. The van der Waals surface area contributed by atoms with E-state index in [4.69, 9.17) is 0 Å². The second kappa shape index (κ2) is 5.36. The van der Waals surface area contributed by atoms with Gasteiger partial charge in [-0.3, -0.25) is 0 Å². The molecule has 0 radical (unpaired) electrons. The van der Waals surface area contributed by atoms with Gasteiger partial charge in [0.15, 0.2) is 0 Å². The molecule has 1 N–H and O–H groups in total. The van der Waals surface area contributed by atoms with Gasteiger partial charge in [0, 0.05) is 23.6 Å². The third kappa shape index (κ3) is 2.58. The molecule has 0 spiro atoms. The third-order valence-electron chi connectivity index (χ3n) is 2.89. The lowest BCUT2D eigenvalue weighted by Gasteiger charge is -2.23. The normalized spacial score (nSPS) is 22.1. The molecule has 0 bridgehead atoms. The van der Waals surface area contributed by atoms with Crippen molar-refractivity contribution >= 4 is 37.3 Å². The van der Waals surface area contributed by atoms with Crippen molar-refractivity contribution < 1.29 is 8.42 Å². The van der Waals surface area contributed by atoms with Gasteiger partial charge >= 0.3 is 0 Å². The van der Waals surface area contributed by atoms with E-state index >= 15 is 0 Å². The summed E-state index contributed by atoms with van der Waals surface area (Å²) in [6.45, 7) is 1.33. The minimum absolute atomic E-state index is 0.0824. The second-order valence-corrected chi connectivity index (χ2v) is 7.88. The summed E-state index contributed by atoms with van der Waals surface area (Å²) in [4.78, 5) is 0. The number of hydrogen-bond acceptors (Lipinski definition) is 4. The van der Waals surface area contributed by atoms with Crippen LogP contribution in [0, 0.1) is 0 Å². The SMILES string of the molecule is CNCC1CCCN1S(=O)(=O)c1sccc1Br. The quantitative estimate of drug-likeness (QED) is 0.911. The molecule has 1 aromatic rings. The van der Waals surface area contributed by atoms with E-state index in [-0.39, 0.29) is 6.04 Å². The van der Waals surface area contributed by atoms with Crippen LogP contribution in [0.25, 0.3) is 0 Å². The summed E-state index contributed by atoms with van der Waals surface area (Å²) in [6, 6.07) is 1.86. The average molecular weight is 339 g/mol. The van der Waals surface area contributed by atoms with Crippen LogP contribution in [-0.2, 0) is 10.0 Å². The molecule has 1 aromatic heterocycles. The summed E-state index contributed by atoms with van der Waals surface area (Å²) >= 11 is 4.56. The Morgan fingerprint density at radius 3 is 3.00 bits per heavy atom. The maximum atomic E-state index is 12.5. The Kier molecular flexibility index (Phi) is 4.25. The molecule has 1 aliphatic heterocycles. The molecule has 96 valence electrons. The molecule has 0 aromatic carbocycles. The monoisotopic (exact) mass is 338 g/mol. The Labute approximate surface area is 114 Å². The van der Waals surface area contributed by atoms with Gasteiger partial charge in [0.1, 0.15) is 4.21 Å². The van der Waals surface area contributed by atoms with E-state index in [1.807, 2.05) is 7.05 Å². The van der Waals surface area contributed by atoms with Crippen LogP contribution in [0.15, 0.2) is 20.1 Å².